The van der Waals surface area contributed by atoms with Crippen molar-refractivity contribution in [1.82, 2.24) is 4.90 Å². The number of ether oxygens (including phenoxy) is 3. The molecule has 0 aliphatic carbocycles. The van der Waals surface area contributed by atoms with E-state index < -0.39 is 23.5 Å². The van der Waals surface area contributed by atoms with E-state index in [0.29, 0.717) is 23.6 Å². The lowest BCUT2D eigenvalue weighted by molar-refractivity contribution is -0.140. The van der Waals surface area contributed by atoms with Crippen molar-refractivity contribution in [3.8, 4) is 17.2 Å². The van der Waals surface area contributed by atoms with Gasteiger partial charge in [-0.15, -0.1) is 0 Å². The van der Waals surface area contributed by atoms with Crippen LogP contribution in [0.2, 0.25) is 5.02 Å². The maximum Gasteiger partial charge on any atom is 0.295 e. The third-order valence-corrected chi connectivity index (χ3v) is 5.46. The predicted molar refractivity (Wildman–Crippen MR) is 118 cm³/mol. The van der Waals surface area contributed by atoms with E-state index in [-0.39, 0.29) is 34.9 Å². The predicted octanol–water partition coefficient (Wildman–Crippen LogP) is 3.52. The van der Waals surface area contributed by atoms with Gasteiger partial charge in [-0.05, 0) is 42.3 Å². The van der Waals surface area contributed by atoms with Gasteiger partial charge in [-0.2, -0.15) is 0 Å². The molecule has 8 nitrogen and oxygen atoms in total. The van der Waals surface area contributed by atoms with Crippen LogP contribution in [0.15, 0.2) is 42.0 Å². The largest absolute Gasteiger partial charge is 0.507 e. The summed E-state index contributed by atoms with van der Waals surface area (Å²) in [4.78, 5) is 27.3. The monoisotopic (exact) mass is 461 g/mol. The van der Waals surface area contributed by atoms with E-state index in [9.17, 15) is 19.8 Å². The van der Waals surface area contributed by atoms with Gasteiger partial charge in [0.15, 0.2) is 11.5 Å². The molecule has 1 aliphatic rings. The lowest BCUT2D eigenvalue weighted by atomic mass is 9.94. The normalized spacial score (nSPS) is 17.6. The summed E-state index contributed by atoms with van der Waals surface area (Å²) in [7, 11) is 4.37. The van der Waals surface area contributed by atoms with Gasteiger partial charge in [0.25, 0.3) is 11.7 Å². The molecule has 1 saturated heterocycles. The zero-order chi connectivity index (χ0) is 23.4. The van der Waals surface area contributed by atoms with Crippen molar-refractivity contribution in [3.63, 3.8) is 0 Å². The number of methoxy groups -OCH3 is 3. The second-order valence-electron chi connectivity index (χ2n) is 7.11. The molecule has 1 amide bonds. The van der Waals surface area contributed by atoms with Crippen LogP contribution in [0, 0.1) is 0 Å². The minimum atomic E-state index is -0.938. The summed E-state index contributed by atoms with van der Waals surface area (Å²) in [6, 6.07) is 8.21. The molecule has 9 heteroatoms. The van der Waals surface area contributed by atoms with Gasteiger partial charge < -0.3 is 29.3 Å². The Morgan fingerprint density at radius 2 is 1.75 bits per heavy atom. The summed E-state index contributed by atoms with van der Waals surface area (Å²) < 4.78 is 15.5. The first kappa shape index (κ1) is 23.4. The Bertz CT molecular complexity index is 1070. The number of phenolic OH excluding ortho intramolecular Hbond substituents is 1. The molecule has 2 aromatic carbocycles. The van der Waals surface area contributed by atoms with E-state index in [4.69, 9.17) is 25.8 Å². The number of benzene rings is 2. The highest BCUT2D eigenvalue weighted by Gasteiger charge is 2.46. The first-order chi connectivity index (χ1) is 15.3. The molecule has 1 unspecified atom stereocenters. The second kappa shape index (κ2) is 9.93. The maximum atomic E-state index is 13.0. The number of aliphatic hydroxyl groups excluding tert-OH is 1. The van der Waals surface area contributed by atoms with Crippen LogP contribution in [-0.4, -0.2) is 61.3 Å². The number of aromatic hydroxyl groups is 1. The SMILES string of the molecule is COCCCN1C(=O)C(=O)/C(=C(/O)c2cc(Cl)ccc2OC)C1c1ccc(OC)c(O)c1. The van der Waals surface area contributed by atoms with Gasteiger partial charge in [0.05, 0.1) is 31.4 Å². The fourth-order valence-electron chi connectivity index (χ4n) is 3.72. The molecule has 0 bridgehead atoms. The number of Topliss-reactive ketones (excluding diaryl/α,β-unsaturated/α-hetero) is 1. The average molecular weight is 462 g/mol. The van der Waals surface area contributed by atoms with Crippen LogP contribution in [0.4, 0.5) is 0 Å². The molecular weight excluding hydrogens is 438 g/mol. The molecule has 170 valence electrons. The number of hydrogen-bond donors (Lipinski definition) is 2. The minimum absolute atomic E-state index is 0.127. The molecule has 32 heavy (non-hydrogen) atoms. The maximum absolute atomic E-state index is 13.0. The molecule has 1 fully saturated rings. The second-order valence-corrected chi connectivity index (χ2v) is 7.55. The third-order valence-electron chi connectivity index (χ3n) is 5.22. The van der Waals surface area contributed by atoms with Gasteiger partial charge in [0.1, 0.15) is 11.5 Å². The number of halogens is 1. The van der Waals surface area contributed by atoms with E-state index in [1.165, 1.54) is 37.3 Å². The van der Waals surface area contributed by atoms with E-state index in [1.807, 2.05) is 0 Å². The summed E-state index contributed by atoms with van der Waals surface area (Å²) in [5, 5.41) is 21.8. The van der Waals surface area contributed by atoms with Gasteiger partial charge in [0, 0.05) is 25.3 Å². The average Bonchev–Trinajstić information content (AvgIpc) is 3.03. The highest BCUT2D eigenvalue weighted by Crippen LogP contribution is 2.43. The Kier molecular flexibility index (Phi) is 7.27. The molecule has 1 atom stereocenters. The van der Waals surface area contributed by atoms with E-state index in [1.54, 1.807) is 25.3 Å². The molecule has 0 radical (unpaired) electrons. The molecule has 0 saturated carbocycles. The van der Waals surface area contributed by atoms with Crippen LogP contribution >= 0.6 is 11.6 Å². The quantitative estimate of drug-likeness (QED) is 0.268. The number of rotatable bonds is 8. The first-order valence-corrected chi connectivity index (χ1v) is 10.2. The van der Waals surface area contributed by atoms with E-state index in [2.05, 4.69) is 0 Å². The first-order valence-electron chi connectivity index (χ1n) is 9.82. The molecule has 2 N–H and O–H groups in total. The lowest BCUT2D eigenvalue weighted by Gasteiger charge is -2.25. The summed E-state index contributed by atoms with van der Waals surface area (Å²) in [5.41, 5.74) is 0.484. The van der Waals surface area contributed by atoms with Gasteiger partial charge in [0.2, 0.25) is 0 Å². The summed E-state index contributed by atoms with van der Waals surface area (Å²) in [5.74, 6) is -1.66. The van der Waals surface area contributed by atoms with Crippen LogP contribution in [0.25, 0.3) is 5.76 Å². The number of aliphatic hydroxyl groups is 1. The molecule has 3 rings (SSSR count). The molecular formula is C23H24ClNO7. The lowest BCUT2D eigenvalue weighted by Crippen LogP contribution is -2.31. The standard InChI is InChI=1S/C23H24ClNO7/c1-30-10-4-9-25-20(13-5-7-18(32-3)16(26)11-13)19(22(28)23(25)29)21(27)15-12-14(24)6-8-17(15)31-2/h5-8,11-12,20,26-27H,4,9-10H2,1-3H3/b21-19+. The van der Waals surface area contributed by atoms with Crippen LogP contribution < -0.4 is 9.47 Å². The highest BCUT2D eigenvalue weighted by atomic mass is 35.5. The van der Waals surface area contributed by atoms with Crippen molar-refractivity contribution in [2.24, 2.45) is 0 Å². The van der Waals surface area contributed by atoms with Crippen LogP contribution in [-0.2, 0) is 14.3 Å². The number of phenols is 1. The summed E-state index contributed by atoms with van der Waals surface area (Å²) >= 11 is 6.10. The molecule has 1 aliphatic heterocycles. The van der Waals surface area contributed by atoms with Crippen molar-refractivity contribution < 1.29 is 34.0 Å². The third kappa shape index (κ3) is 4.37. The number of likely N-dealkylation sites (tertiary alicyclic amines) is 1. The van der Waals surface area contributed by atoms with Crippen molar-refractivity contribution in [3.05, 3.63) is 58.1 Å². The Balaban J connectivity index is 2.21. The number of amides is 1. The Labute approximate surface area is 190 Å². The van der Waals surface area contributed by atoms with Gasteiger partial charge in [-0.25, -0.2) is 0 Å². The Morgan fingerprint density at radius 1 is 1.06 bits per heavy atom. The van der Waals surface area contributed by atoms with Crippen LogP contribution in [0.5, 0.6) is 17.2 Å². The number of hydrogen-bond acceptors (Lipinski definition) is 7. The van der Waals surface area contributed by atoms with Gasteiger partial charge in [-0.1, -0.05) is 17.7 Å². The van der Waals surface area contributed by atoms with Crippen LogP contribution in [0.1, 0.15) is 23.6 Å². The summed E-state index contributed by atoms with van der Waals surface area (Å²) in [6.07, 6.45) is 0.475. The van der Waals surface area contributed by atoms with Crippen molar-refractivity contribution in [2.45, 2.75) is 12.5 Å². The number of nitrogens with zero attached hydrogens (tertiary/aromatic N) is 1. The molecule has 1 heterocycles. The molecule has 0 aromatic heterocycles. The Morgan fingerprint density at radius 3 is 2.38 bits per heavy atom. The van der Waals surface area contributed by atoms with E-state index in [0.717, 1.165) is 0 Å². The minimum Gasteiger partial charge on any atom is -0.507 e. The topological polar surface area (TPSA) is 106 Å². The number of carbonyl (C=O) groups is 2. The zero-order valence-corrected chi connectivity index (χ0v) is 18.7. The fraction of sp³-hybridized carbons (Fsp3) is 0.304. The zero-order valence-electron chi connectivity index (χ0n) is 17.9. The smallest absolute Gasteiger partial charge is 0.295 e. The van der Waals surface area contributed by atoms with E-state index >= 15 is 0 Å². The van der Waals surface area contributed by atoms with Crippen LogP contribution in [0.3, 0.4) is 0 Å². The molecule has 2 aromatic rings. The van der Waals surface area contributed by atoms with Crippen molar-refractivity contribution >= 4 is 29.1 Å². The Hall–Kier alpha value is -3.23. The molecule has 0 spiro atoms. The fourth-order valence-corrected chi connectivity index (χ4v) is 3.90. The highest BCUT2D eigenvalue weighted by molar-refractivity contribution is 6.46. The van der Waals surface area contributed by atoms with Gasteiger partial charge >= 0.3 is 0 Å². The number of ketones is 1. The van der Waals surface area contributed by atoms with Gasteiger partial charge in [-0.3, -0.25) is 9.59 Å². The van der Waals surface area contributed by atoms with Crippen molar-refractivity contribution in [2.75, 3.05) is 34.5 Å². The number of carbonyl (C=O) groups excluding carboxylic acids is 2. The summed E-state index contributed by atoms with van der Waals surface area (Å²) in [6.45, 7) is 0.588. The van der Waals surface area contributed by atoms with Crippen molar-refractivity contribution in [1.29, 1.82) is 0 Å².